The molecule has 0 spiro atoms. The van der Waals surface area contributed by atoms with Gasteiger partial charge < -0.3 is 25.1 Å². The van der Waals surface area contributed by atoms with Crippen molar-refractivity contribution >= 4 is 39.5 Å². The number of anilines is 1. The maximum absolute atomic E-state index is 13.0. The van der Waals surface area contributed by atoms with Gasteiger partial charge in [0.15, 0.2) is 0 Å². The molecule has 2 saturated heterocycles. The van der Waals surface area contributed by atoms with E-state index in [0.29, 0.717) is 23.7 Å². The van der Waals surface area contributed by atoms with Crippen molar-refractivity contribution in [2.75, 3.05) is 38.0 Å². The number of fused-ring (bicyclic) bond motifs is 4. The molecule has 2 fully saturated rings. The number of nitrogens with zero attached hydrogens (tertiary/aromatic N) is 6. The number of aromatic nitrogens is 5. The number of pyridine rings is 1. The average molecular weight is 884 g/mol. The first kappa shape index (κ1) is 42.6. The van der Waals surface area contributed by atoms with Crippen LogP contribution in [0.5, 0.6) is 0 Å². The molecule has 0 saturated carbocycles. The third-order valence-corrected chi connectivity index (χ3v) is 13.8. The monoisotopic (exact) mass is 883 g/mol. The lowest BCUT2D eigenvalue weighted by atomic mass is 9.98. The van der Waals surface area contributed by atoms with E-state index in [1.54, 1.807) is 0 Å². The van der Waals surface area contributed by atoms with Crippen molar-refractivity contribution in [3.63, 3.8) is 0 Å². The fourth-order valence-electron chi connectivity index (χ4n) is 10.3. The summed E-state index contributed by atoms with van der Waals surface area (Å²) < 4.78 is 2.34. The summed E-state index contributed by atoms with van der Waals surface area (Å²) in [5, 5.41) is 7.09. The van der Waals surface area contributed by atoms with E-state index in [1.165, 1.54) is 83.6 Å². The first-order valence-corrected chi connectivity index (χ1v) is 24.1. The minimum Gasteiger partial charge on any atom is -0.381 e. The molecule has 1 unspecified atom stereocenters. The summed E-state index contributed by atoms with van der Waals surface area (Å²) in [5.74, 6) is 0.937. The SMILES string of the molecule is Cc1ccc2c(c1)CC(C1=NCc3ccc(NC4CCNC4)cc31)=C2.O=c1[nH]c2cc3nc(-c4ccc(-c5ccncc5)cc4)n(CCCN4CCCCC4)c3cc2nc1Cc1ccccc1. The van der Waals surface area contributed by atoms with Crippen LogP contribution >= 0.6 is 0 Å². The summed E-state index contributed by atoms with van der Waals surface area (Å²) in [4.78, 5) is 37.6. The first-order valence-electron chi connectivity index (χ1n) is 24.1. The van der Waals surface area contributed by atoms with E-state index < -0.39 is 0 Å². The standard InChI is InChI=1S/C35H34N6O.C22H23N3/c42-35-32(22-25-8-3-1-4-9-25)37-30-24-33-31(23-29(30)39-35)38-34(41(33)21-7-20-40-18-5-2-6-19-40)28-12-10-26(11-13-28)27-14-16-36-17-15-27;1-14-2-3-15-9-18(10-17(15)8-14)22-21-11-19(5-4-16(21)12-24-22)25-20-6-7-23-13-20/h1,3-4,8-17,23-24H,2,5-7,18-22H2,(H,39,42);2-5,8-9,11,20,23,25H,6-7,10,12-13H2,1H3. The van der Waals surface area contributed by atoms with E-state index in [-0.39, 0.29) is 5.56 Å². The molecule has 67 heavy (non-hydrogen) atoms. The second-order valence-corrected chi connectivity index (χ2v) is 18.6. The maximum atomic E-state index is 13.0. The fraction of sp³-hybridized carbons (Fsp3) is 0.281. The highest BCUT2D eigenvalue weighted by Gasteiger charge is 2.25. The van der Waals surface area contributed by atoms with Crippen LogP contribution in [0.25, 0.3) is 50.7 Å². The summed E-state index contributed by atoms with van der Waals surface area (Å²) in [6.07, 6.45) is 13.6. The highest BCUT2D eigenvalue weighted by molar-refractivity contribution is 6.18. The number of hydrogen-bond donors (Lipinski definition) is 3. The Hall–Kier alpha value is -7.01. The lowest BCUT2D eigenvalue weighted by Crippen LogP contribution is -2.31. The van der Waals surface area contributed by atoms with Crippen LogP contribution in [0.4, 0.5) is 5.69 Å². The van der Waals surface area contributed by atoms with Gasteiger partial charge in [-0.1, -0.05) is 90.8 Å². The molecule has 10 nitrogen and oxygen atoms in total. The first-order chi connectivity index (χ1) is 33.0. The summed E-state index contributed by atoms with van der Waals surface area (Å²) in [7, 11) is 0. The van der Waals surface area contributed by atoms with Crippen molar-refractivity contribution in [3.8, 4) is 22.5 Å². The Morgan fingerprint density at radius 1 is 0.776 bits per heavy atom. The third kappa shape index (κ3) is 9.37. The van der Waals surface area contributed by atoms with Crippen molar-refractivity contribution in [2.45, 2.75) is 71.0 Å². The molecule has 1 atom stereocenters. The zero-order valence-corrected chi connectivity index (χ0v) is 38.3. The van der Waals surface area contributed by atoms with Gasteiger partial charge in [0, 0.05) is 61.2 Å². The number of rotatable bonds is 11. The minimum absolute atomic E-state index is 0.154. The van der Waals surface area contributed by atoms with Crippen molar-refractivity contribution in [1.29, 1.82) is 0 Å². The molecule has 336 valence electrons. The number of benzene rings is 5. The summed E-state index contributed by atoms with van der Waals surface area (Å²) in [6, 6.07) is 40.7. The second-order valence-electron chi connectivity index (χ2n) is 18.6. The number of likely N-dealkylation sites (tertiary alicyclic amines) is 1. The van der Waals surface area contributed by atoms with Gasteiger partial charge in [0.25, 0.3) is 5.56 Å². The molecule has 6 heterocycles. The van der Waals surface area contributed by atoms with Crippen LogP contribution in [0, 0.1) is 6.92 Å². The molecule has 12 rings (SSSR count). The predicted octanol–water partition coefficient (Wildman–Crippen LogP) is 10.2. The van der Waals surface area contributed by atoms with E-state index in [4.69, 9.17) is 15.0 Å². The van der Waals surface area contributed by atoms with Crippen LogP contribution in [0.1, 0.15) is 71.2 Å². The van der Waals surface area contributed by atoms with Crippen molar-refractivity contribution < 1.29 is 0 Å². The molecule has 0 amide bonds. The number of aromatic amines is 1. The van der Waals surface area contributed by atoms with Gasteiger partial charge in [-0.2, -0.15) is 0 Å². The Morgan fingerprint density at radius 3 is 2.42 bits per heavy atom. The Kier molecular flexibility index (Phi) is 12.1. The zero-order valence-electron chi connectivity index (χ0n) is 38.3. The molecule has 3 aromatic heterocycles. The van der Waals surface area contributed by atoms with Gasteiger partial charge in [-0.3, -0.25) is 14.8 Å². The summed E-state index contributed by atoms with van der Waals surface area (Å²) in [6.45, 7) is 9.47. The van der Waals surface area contributed by atoms with E-state index >= 15 is 0 Å². The molecule has 8 aromatic rings. The van der Waals surface area contributed by atoms with Gasteiger partial charge in [0.1, 0.15) is 11.5 Å². The Morgan fingerprint density at radius 2 is 1.60 bits per heavy atom. The van der Waals surface area contributed by atoms with Crippen molar-refractivity contribution in [3.05, 3.63) is 183 Å². The van der Waals surface area contributed by atoms with Crippen LogP contribution in [0.3, 0.4) is 0 Å². The number of aliphatic imine (C=N–C) groups is 1. The highest BCUT2D eigenvalue weighted by atomic mass is 16.1. The predicted molar refractivity (Wildman–Crippen MR) is 273 cm³/mol. The molecular weight excluding hydrogens is 827 g/mol. The number of aryl methyl sites for hydroxylation is 2. The van der Waals surface area contributed by atoms with Crippen molar-refractivity contribution in [1.82, 2.24) is 34.7 Å². The van der Waals surface area contributed by atoms with Gasteiger partial charge in [0.05, 0.1) is 34.3 Å². The maximum Gasteiger partial charge on any atom is 0.270 e. The molecule has 3 aliphatic heterocycles. The highest BCUT2D eigenvalue weighted by Crippen LogP contribution is 2.34. The van der Waals surface area contributed by atoms with Crippen LogP contribution in [-0.2, 0) is 25.9 Å². The molecule has 0 bridgehead atoms. The Labute approximate surface area is 392 Å². The van der Waals surface area contributed by atoms with Crippen LogP contribution < -0.4 is 16.2 Å². The third-order valence-electron chi connectivity index (χ3n) is 13.8. The molecular formula is C57H57N9O. The Balaban J connectivity index is 0.000000168. The number of allylic oxidation sites excluding steroid dienone is 1. The molecule has 1 aliphatic carbocycles. The zero-order chi connectivity index (χ0) is 45.1. The Bertz CT molecular complexity index is 3180. The number of imidazole rings is 1. The van der Waals surface area contributed by atoms with Gasteiger partial charge >= 0.3 is 0 Å². The van der Waals surface area contributed by atoms with E-state index in [9.17, 15) is 4.79 Å². The van der Waals surface area contributed by atoms with Crippen LogP contribution in [0.2, 0.25) is 0 Å². The summed E-state index contributed by atoms with van der Waals surface area (Å²) in [5.41, 5.74) is 18.7. The molecule has 0 radical (unpaired) electrons. The van der Waals surface area contributed by atoms with Gasteiger partial charge in [-0.25, -0.2) is 9.97 Å². The number of hydrogen-bond acceptors (Lipinski definition) is 8. The second kappa shape index (κ2) is 19.1. The quantitative estimate of drug-likeness (QED) is 0.118. The minimum atomic E-state index is -0.154. The topological polar surface area (TPSA) is 116 Å². The normalized spacial score (nSPS) is 16.6. The van der Waals surface area contributed by atoms with Gasteiger partial charge in [-0.15, -0.1) is 0 Å². The lowest BCUT2D eigenvalue weighted by molar-refractivity contribution is 0.223. The molecule has 5 aromatic carbocycles. The molecule has 4 aliphatic rings. The van der Waals surface area contributed by atoms with Crippen LogP contribution in [-0.4, -0.2) is 73.9 Å². The number of nitrogens with one attached hydrogen (secondary N) is 3. The van der Waals surface area contributed by atoms with E-state index in [0.717, 1.165) is 90.2 Å². The largest absolute Gasteiger partial charge is 0.381 e. The number of piperidine rings is 1. The van der Waals surface area contributed by atoms with Gasteiger partial charge in [-0.05, 0) is 140 Å². The molecule has 10 heteroatoms. The summed E-state index contributed by atoms with van der Waals surface area (Å²) >= 11 is 0. The van der Waals surface area contributed by atoms with Gasteiger partial charge in [0.2, 0.25) is 0 Å². The van der Waals surface area contributed by atoms with E-state index in [1.807, 2.05) is 60.9 Å². The van der Waals surface area contributed by atoms with Crippen molar-refractivity contribution in [2.24, 2.45) is 4.99 Å². The number of H-pyrrole nitrogens is 1. The van der Waals surface area contributed by atoms with Crippen LogP contribution in [0.15, 0.2) is 143 Å². The van der Waals surface area contributed by atoms with E-state index in [2.05, 4.69) is 110 Å². The fourth-order valence-corrected chi connectivity index (χ4v) is 10.3. The smallest absolute Gasteiger partial charge is 0.270 e. The average Bonchev–Trinajstić information content (AvgIpc) is 4.19. The molecule has 3 N–H and O–H groups in total. The lowest BCUT2D eigenvalue weighted by Gasteiger charge is -2.26.